The molecule has 19 heavy (non-hydrogen) atoms. The molecule has 0 radical (unpaired) electrons. The second-order valence-corrected chi connectivity index (χ2v) is 4.53. The van der Waals surface area contributed by atoms with Crippen molar-refractivity contribution >= 4 is 22.9 Å². The molecule has 0 fully saturated rings. The molecule has 96 valence electrons. The maximum absolute atomic E-state index is 13.7. The van der Waals surface area contributed by atoms with Crippen LogP contribution in [0.5, 0.6) is 0 Å². The summed E-state index contributed by atoms with van der Waals surface area (Å²) in [5, 5.41) is 12.8. The number of carbonyl (C=O) groups excluding carboxylic acids is 1. The van der Waals surface area contributed by atoms with Gasteiger partial charge in [0.15, 0.2) is 0 Å². The number of benzene rings is 1. The summed E-state index contributed by atoms with van der Waals surface area (Å²) in [5.41, 5.74) is 0.550. The topological polar surface area (TPSA) is 49.3 Å². The van der Waals surface area contributed by atoms with Gasteiger partial charge in [0.05, 0.1) is 10.6 Å². The van der Waals surface area contributed by atoms with E-state index in [4.69, 9.17) is 5.11 Å². The van der Waals surface area contributed by atoms with E-state index < -0.39 is 5.82 Å². The molecule has 2 N–H and O–H groups in total. The summed E-state index contributed by atoms with van der Waals surface area (Å²) >= 11 is 1.29. The van der Waals surface area contributed by atoms with Gasteiger partial charge < -0.3 is 10.4 Å². The van der Waals surface area contributed by atoms with Crippen LogP contribution in [0.2, 0.25) is 0 Å². The first kappa shape index (κ1) is 13.3. The molecule has 0 aliphatic carbocycles. The number of thiophene rings is 1. The smallest absolute Gasteiger partial charge is 0.265 e. The third-order valence-electron chi connectivity index (χ3n) is 2.27. The van der Waals surface area contributed by atoms with Crippen molar-refractivity contribution in [1.29, 1.82) is 0 Å². The van der Waals surface area contributed by atoms with Crippen LogP contribution in [0.1, 0.15) is 15.2 Å². The molecule has 2 aromatic rings. The van der Waals surface area contributed by atoms with Crippen LogP contribution in [0.3, 0.4) is 0 Å². The summed E-state index contributed by atoms with van der Waals surface area (Å²) in [5.74, 6) is 4.12. The van der Waals surface area contributed by atoms with Crippen LogP contribution >= 0.6 is 11.3 Å². The zero-order valence-electron chi connectivity index (χ0n) is 9.81. The third kappa shape index (κ3) is 3.41. The van der Waals surface area contributed by atoms with Gasteiger partial charge in [0, 0.05) is 5.56 Å². The van der Waals surface area contributed by atoms with Gasteiger partial charge in [-0.15, -0.1) is 11.3 Å². The lowest BCUT2D eigenvalue weighted by molar-refractivity contribution is 0.103. The van der Waals surface area contributed by atoms with Crippen LogP contribution < -0.4 is 5.32 Å². The summed E-state index contributed by atoms with van der Waals surface area (Å²) in [6.45, 7) is -0.279. The van der Waals surface area contributed by atoms with Gasteiger partial charge in [-0.05, 0) is 29.6 Å². The average Bonchev–Trinajstić information content (AvgIpc) is 2.93. The number of amides is 1. The highest BCUT2D eigenvalue weighted by molar-refractivity contribution is 7.12. The Labute approximate surface area is 113 Å². The molecule has 0 aliphatic rings. The SMILES string of the molecule is O=C(Nc1ccc(C#CCO)cc1F)c1cccs1. The van der Waals surface area contributed by atoms with Crippen LogP contribution in [-0.2, 0) is 0 Å². The maximum atomic E-state index is 13.7. The van der Waals surface area contributed by atoms with E-state index >= 15 is 0 Å². The monoisotopic (exact) mass is 275 g/mol. The first-order chi connectivity index (χ1) is 9.20. The molecule has 1 heterocycles. The Balaban J connectivity index is 2.15. The highest BCUT2D eigenvalue weighted by Gasteiger charge is 2.10. The molecular formula is C14H10FNO2S. The van der Waals surface area contributed by atoms with Crippen LogP contribution in [0.15, 0.2) is 35.7 Å². The van der Waals surface area contributed by atoms with Crippen molar-refractivity contribution in [2.24, 2.45) is 0 Å². The Morgan fingerprint density at radius 1 is 1.42 bits per heavy atom. The lowest BCUT2D eigenvalue weighted by Crippen LogP contribution is -2.11. The third-order valence-corrected chi connectivity index (χ3v) is 3.14. The van der Waals surface area contributed by atoms with E-state index in [-0.39, 0.29) is 18.2 Å². The molecule has 0 saturated heterocycles. The molecule has 5 heteroatoms. The molecule has 0 saturated carbocycles. The second kappa shape index (κ2) is 6.14. The van der Waals surface area contributed by atoms with E-state index in [1.807, 2.05) is 0 Å². The molecule has 0 spiro atoms. The molecule has 1 amide bonds. The minimum Gasteiger partial charge on any atom is -0.384 e. The van der Waals surface area contributed by atoms with E-state index in [1.165, 1.54) is 23.5 Å². The van der Waals surface area contributed by atoms with E-state index in [0.29, 0.717) is 10.4 Å². The van der Waals surface area contributed by atoms with Gasteiger partial charge >= 0.3 is 0 Å². The van der Waals surface area contributed by atoms with E-state index in [9.17, 15) is 9.18 Å². The minimum atomic E-state index is -0.561. The number of rotatable bonds is 2. The lowest BCUT2D eigenvalue weighted by atomic mass is 10.2. The zero-order chi connectivity index (χ0) is 13.7. The summed E-state index contributed by atoms with van der Waals surface area (Å²) < 4.78 is 13.7. The molecule has 0 atom stereocenters. The number of carbonyl (C=O) groups is 1. The molecule has 1 aromatic heterocycles. The van der Waals surface area contributed by atoms with Crippen LogP contribution in [0, 0.1) is 17.7 Å². The van der Waals surface area contributed by atoms with Gasteiger partial charge in [0.1, 0.15) is 12.4 Å². The van der Waals surface area contributed by atoms with Crippen molar-refractivity contribution in [3.05, 3.63) is 52.0 Å². The van der Waals surface area contributed by atoms with Gasteiger partial charge in [0.2, 0.25) is 0 Å². The number of hydrogen-bond donors (Lipinski definition) is 2. The molecule has 2 rings (SSSR count). The predicted octanol–water partition coefficient (Wildman–Crippen LogP) is 2.48. The van der Waals surface area contributed by atoms with E-state index in [2.05, 4.69) is 17.2 Å². The van der Waals surface area contributed by atoms with Crippen molar-refractivity contribution in [3.63, 3.8) is 0 Å². The van der Waals surface area contributed by atoms with Gasteiger partial charge in [-0.2, -0.15) is 0 Å². The van der Waals surface area contributed by atoms with Gasteiger partial charge in [-0.3, -0.25) is 4.79 Å². The normalized spacial score (nSPS) is 9.58. The highest BCUT2D eigenvalue weighted by atomic mass is 32.1. The highest BCUT2D eigenvalue weighted by Crippen LogP contribution is 2.17. The molecule has 1 aromatic carbocycles. The summed E-state index contributed by atoms with van der Waals surface area (Å²) in [7, 11) is 0. The van der Waals surface area contributed by atoms with E-state index in [0.717, 1.165) is 0 Å². The minimum absolute atomic E-state index is 0.105. The summed E-state index contributed by atoms with van der Waals surface area (Å²) in [6, 6.07) is 7.66. The average molecular weight is 275 g/mol. The fourth-order valence-corrected chi connectivity index (χ4v) is 2.05. The van der Waals surface area contributed by atoms with Gasteiger partial charge in [-0.25, -0.2) is 4.39 Å². The van der Waals surface area contributed by atoms with Crippen molar-refractivity contribution in [2.45, 2.75) is 0 Å². The number of anilines is 1. The van der Waals surface area contributed by atoms with Crippen molar-refractivity contribution in [3.8, 4) is 11.8 Å². The first-order valence-electron chi connectivity index (χ1n) is 5.45. The number of nitrogens with one attached hydrogen (secondary N) is 1. The van der Waals surface area contributed by atoms with Crippen molar-refractivity contribution < 1.29 is 14.3 Å². The molecule has 3 nitrogen and oxygen atoms in total. The van der Waals surface area contributed by atoms with Crippen LogP contribution in [0.25, 0.3) is 0 Å². The Morgan fingerprint density at radius 2 is 2.26 bits per heavy atom. The number of halogens is 1. The van der Waals surface area contributed by atoms with Crippen molar-refractivity contribution in [2.75, 3.05) is 11.9 Å². The molecule has 0 bridgehead atoms. The molecular weight excluding hydrogens is 265 g/mol. The molecule has 0 unspecified atom stereocenters. The summed E-state index contributed by atoms with van der Waals surface area (Å²) in [6.07, 6.45) is 0. The Hall–Kier alpha value is -2.16. The lowest BCUT2D eigenvalue weighted by Gasteiger charge is -2.05. The Bertz CT molecular complexity index is 641. The second-order valence-electron chi connectivity index (χ2n) is 3.59. The van der Waals surface area contributed by atoms with Crippen LogP contribution in [-0.4, -0.2) is 17.6 Å². The Kier molecular flexibility index (Phi) is 4.29. The quantitative estimate of drug-likeness (QED) is 0.827. The van der Waals surface area contributed by atoms with Gasteiger partial charge in [0.25, 0.3) is 5.91 Å². The number of aliphatic hydroxyl groups excluding tert-OH is 1. The van der Waals surface area contributed by atoms with E-state index in [1.54, 1.807) is 23.6 Å². The molecule has 0 aliphatic heterocycles. The van der Waals surface area contributed by atoms with Crippen LogP contribution in [0.4, 0.5) is 10.1 Å². The largest absolute Gasteiger partial charge is 0.384 e. The van der Waals surface area contributed by atoms with Crippen molar-refractivity contribution in [1.82, 2.24) is 0 Å². The Morgan fingerprint density at radius 3 is 2.89 bits per heavy atom. The fraction of sp³-hybridized carbons (Fsp3) is 0.0714. The number of hydrogen-bond acceptors (Lipinski definition) is 3. The zero-order valence-corrected chi connectivity index (χ0v) is 10.6. The first-order valence-corrected chi connectivity index (χ1v) is 6.33. The standard InChI is InChI=1S/C14H10FNO2S/c15-11-9-10(3-1-7-17)5-6-12(11)16-14(18)13-4-2-8-19-13/h2,4-6,8-9,17H,7H2,(H,16,18). The number of aliphatic hydroxyl groups is 1. The fourth-order valence-electron chi connectivity index (χ4n) is 1.43. The van der Waals surface area contributed by atoms with Gasteiger partial charge in [-0.1, -0.05) is 17.9 Å². The maximum Gasteiger partial charge on any atom is 0.265 e. The predicted molar refractivity (Wildman–Crippen MR) is 72.6 cm³/mol. The summed E-state index contributed by atoms with van der Waals surface area (Å²) in [4.78, 5) is 12.3.